The summed E-state index contributed by atoms with van der Waals surface area (Å²) in [6.07, 6.45) is 3.39. The zero-order chi connectivity index (χ0) is 12.4. The second kappa shape index (κ2) is 5.19. The van der Waals surface area contributed by atoms with Crippen LogP contribution in [0.25, 0.3) is 0 Å². The van der Waals surface area contributed by atoms with Crippen LogP contribution >= 0.6 is 0 Å². The van der Waals surface area contributed by atoms with E-state index >= 15 is 0 Å². The standard InChI is InChI=1S/C13H23N3O/c1-4-13-11(5-6-17-13)12(14)8-10-7-9(2)15-16(10)3/h7,11-13H,4-6,8,14H2,1-3H3. The summed E-state index contributed by atoms with van der Waals surface area (Å²) in [5, 5.41) is 4.36. The Morgan fingerprint density at radius 2 is 2.41 bits per heavy atom. The first-order valence-electron chi connectivity index (χ1n) is 6.48. The molecule has 1 aliphatic heterocycles. The first kappa shape index (κ1) is 12.6. The van der Waals surface area contributed by atoms with Crippen LogP contribution in [0, 0.1) is 12.8 Å². The number of hydrogen-bond acceptors (Lipinski definition) is 3. The van der Waals surface area contributed by atoms with Gasteiger partial charge in [-0.15, -0.1) is 0 Å². The van der Waals surface area contributed by atoms with Gasteiger partial charge in [0.05, 0.1) is 11.8 Å². The van der Waals surface area contributed by atoms with Crippen LogP contribution in [0.3, 0.4) is 0 Å². The molecule has 0 bridgehead atoms. The van der Waals surface area contributed by atoms with E-state index in [1.807, 2.05) is 18.7 Å². The lowest BCUT2D eigenvalue weighted by Gasteiger charge is -2.23. The molecule has 0 saturated carbocycles. The summed E-state index contributed by atoms with van der Waals surface area (Å²) in [6, 6.07) is 2.30. The van der Waals surface area contributed by atoms with Crippen molar-refractivity contribution >= 4 is 0 Å². The lowest BCUT2D eigenvalue weighted by Crippen LogP contribution is -2.37. The summed E-state index contributed by atoms with van der Waals surface area (Å²) in [6.45, 7) is 5.05. The molecule has 0 amide bonds. The molecule has 2 N–H and O–H groups in total. The van der Waals surface area contributed by atoms with Gasteiger partial charge in [0, 0.05) is 37.7 Å². The quantitative estimate of drug-likeness (QED) is 0.861. The van der Waals surface area contributed by atoms with Crippen LogP contribution in [0.4, 0.5) is 0 Å². The molecule has 96 valence electrons. The first-order chi connectivity index (χ1) is 8.11. The highest BCUT2D eigenvalue weighted by Gasteiger charge is 2.32. The van der Waals surface area contributed by atoms with E-state index in [1.165, 1.54) is 5.69 Å². The minimum atomic E-state index is 0.178. The maximum Gasteiger partial charge on any atom is 0.0616 e. The van der Waals surface area contributed by atoms with E-state index in [1.54, 1.807) is 0 Å². The summed E-state index contributed by atoms with van der Waals surface area (Å²) in [5.74, 6) is 0.496. The second-order valence-electron chi connectivity index (χ2n) is 5.04. The topological polar surface area (TPSA) is 53.1 Å². The lowest BCUT2D eigenvalue weighted by molar-refractivity contribution is 0.0812. The van der Waals surface area contributed by atoms with E-state index in [2.05, 4.69) is 18.1 Å². The average Bonchev–Trinajstić information content (AvgIpc) is 2.85. The number of hydrogen-bond donors (Lipinski definition) is 1. The van der Waals surface area contributed by atoms with E-state index in [0.717, 1.165) is 31.6 Å². The van der Waals surface area contributed by atoms with Gasteiger partial charge in [0.1, 0.15) is 0 Å². The van der Waals surface area contributed by atoms with E-state index in [0.29, 0.717) is 12.0 Å². The molecule has 1 aliphatic rings. The third-order valence-electron chi connectivity index (χ3n) is 3.76. The molecule has 4 heteroatoms. The molecule has 1 fully saturated rings. The highest BCUT2D eigenvalue weighted by atomic mass is 16.5. The molecule has 0 radical (unpaired) electrons. The zero-order valence-electron chi connectivity index (χ0n) is 11.0. The van der Waals surface area contributed by atoms with Gasteiger partial charge in [-0.25, -0.2) is 0 Å². The van der Waals surface area contributed by atoms with Crippen LogP contribution in [-0.2, 0) is 18.2 Å². The van der Waals surface area contributed by atoms with E-state index < -0.39 is 0 Å². The molecule has 3 unspecified atom stereocenters. The fourth-order valence-electron chi connectivity index (χ4n) is 2.82. The Labute approximate surface area is 103 Å². The predicted molar refractivity (Wildman–Crippen MR) is 67.8 cm³/mol. The maximum atomic E-state index is 6.33. The molecule has 0 aromatic carbocycles. The van der Waals surface area contributed by atoms with Gasteiger partial charge in [-0.2, -0.15) is 5.10 Å². The highest BCUT2D eigenvalue weighted by molar-refractivity contribution is 5.10. The molecule has 1 aromatic heterocycles. The van der Waals surface area contributed by atoms with Crippen molar-refractivity contribution in [1.82, 2.24) is 9.78 Å². The van der Waals surface area contributed by atoms with Crippen molar-refractivity contribution in [2.75, 3.05) is 6.61 Å². The van der Waals surface area contributed by atoms with Crippen molar-refractivity contribution in [3.05, 3.63) is 17.5 Å². The average molecular weight is 237 g/mol. The molecule has 1 saturated heterocycles. The first-order valence-corrected chi connectivity index (χ1v) is 6.48. The number of aryl methyl sites for hydroxylation is 2. The van der Waals surface area contributed by atoms with Gasteiger partial charge in [-0.1, -0.05) is 6.92 Å². The van der Waals surface area contributed by atoms with Gasteiger partial charge in [0.25, 0.3) is 0 Å². The summed E-state index contributed by atoms with van der Waals surface area (Å²) >= 11 is 0. The molecule has 0 aliphatic carbocycles. The number of nitrogens with zero attached hydrogens (tertiary/aromatic N) is 2. The van der Waals surface area contributed by atoms with Gasteiger partial charge >= 0.3 is 0 Å². The summed E-state index contributed by atoms with van der Waals surface area (Å²) in [4.78, 5) is 0. The van der Waals surface area contributed by atoms with E-state index in [-0.39, 0.29) is 6.04 Å². The third-order valence-corrected chi connectivity index (χ3v) is 3.76. The monoisotopic (exact) mass is 237 g/mol. The fraction of sp³-hybridized carbons (Fsp3) is 0.769. The number of rotatable bonds is 4. The van der Waals surface area contributed by atoms with Crippen LogP contribution < -0.4 is 5.73 Å². The molecular weight excluding hydrogens is 214 g/mol. The van der Waals surface area contributed by atoms with Crippen molar-refractivity contribution < 1.29 is 4.74 Å². The van der Waals surface area contributed by atoms with Gasteiger partial charge in [0.2, 0.25) is 0 Å². The number of ether oxygens (including phenoxy) is 1. The van der Waals surface area contributed by atoms with Gasteiger partial charge in [-0.3, -0.25) is 4.68 Å². The van der Waals surface area contributed by atoms with Gasteiger partial charge in [0.15, 0.2) is 0 Å². The van der Waals surface area contributed by atoms with Crippen LogP contribution in [0.2, 0.25) is 0 Å². The Morgan fingerprint density at radius 1 is 1.65 bits per heavy atom. The minimum absolute atomic E-state index is 0.178. The van der Waals surface area contributed by atoms with E-state index in [4.69, 9.17) is 10.5 Å². The highest BCUT2D eigenvalue weighted by Crippen LogP contribution is 2.27. The molecule has 1 aromatic rings. The molecule has 2 heterocycles. The van der Waals surface area contributed by atoms with Crippen molar-refractivity contribution in [3.63, 3.8) is 0 Å². The molecule has 0 spiro atoms. The van der Waals surface area contributed by atoms with Gasteiger partial charge in [-0.05, 0) is 25.8 Å². The van der Waals surface area contributed by atoms with Crippen LogP contribution in [0.1, 0.15) is 31.2 Å². The second-order valence-corrected chi connectivity index (χ2v) is 5.04. The molecule has 3 atom stereocenters. The Kier molecular flexibility index (Phi) is 3.84. The minimum Gasteiger partial charge on any atom is -0.378 e. The van der Waals surface area contributed by atoms with Crippen molar-refractivity contribution in [3.8, 4) is 0 Å². The largest absolute Gasteiger partial charge is 0.378 e. The van der Waals surface area contributed by atoms with Crippen molar-refractivity contribution in [1.29, 1.82) is 0 Å². The summed E-state index contributed by atoms with van der Waals surface area (Å²) < 4.78 is 7.64. The fourth-order valence-corrected chi connectivity index (χ4v) is 2.82. The number of aromatic nitrogens is 2. The maximum absolute atomic E-state index is 6.33. The Bertz CT molecular complexity index is 375. The third kappa shape index (κ3) is 2.69. The normalized spacial score (nSPS) is 26.4. The van der Waals surface area contributed by atoms with Gasteiger partial charge < -0.3 is 10.5 Å². The SMILES string of the molecule is CCC1OCCC1C(N)Cc1cc(C)nn1C. The van der Waals surface area contributed by atoms with Crippen LogP contribution in [0.15, 0.2) is 6.07 Å². The Hall–Kier alpha value is -0.870. The smallest absolute Gasteiger partial charge is 0.0616 e. The summed E-state index contributed by atoms with van der Waals surface area (Å²) in [7, 11) is 1.98. The molecule has 17 heavy (non-hydrogen) atoms. The molecular formula is C13H23N3O. The van der Waals surface area contributed by atoms with Crippen LogP contribution in [0.5, 0.6) is 0 Å². The number of nitrogens with two attached hydrogens (primary N) is 1. The molecule has 4 nitrogen and oxygen atoms in total. The lowest BCUT2D eigenvalue weighted by atomic mass is 9.89. The van der Waals surface area contributed by atoms with Crippen molar-refractivity contribution in [2.45, 2.75) is 45.3 Å². The van der Waals surface area contributed by atoms with Crippen LogP contribution in [-0.4, -0.2) is 28.5 Å². The Balaban J connectivity index is 2.01. The van der Waals surface area contributed by atoms with Crippen molar-refractivity contribution in [2.24, 2.45) is 18.7 Å². The molecule has 2 rings (SSSR count). The van der Waals surface area contributed by atoms with E-state index in [9.17, 15) is 0 Å². The predicted octanol–water partition coefficient (Wildman–Crippen LogP) is 1.41. The zero-order valence-corrected chi connectivity index (χ0v) is 11.0. The summed E-state index contributed by atoms with van der Waals surface area (Å²) in [5.41, 5.74) is 8.61. The Morgan fingerprint density at radius 3 is 3.00 bits per heavy atom.